The van der Waals surface area contributed by atoms with Crippen LogP contribution >= 0.6 is 0 Å². The molecule has 0 amide bonds. The molecule has 1 heterocycles. The SMILES string of the molecule is CCOC(=O)Cc1ccoc1. The van der Waals surface area contributed by atoms with Crippen LogP contribution in [-0.2, 0) is 16.0 Å². The standard InChI is InChI=1S/C8H10O3/c1-2-11-8(9)5-7-3-4-10-6-7/h3-4,6H,2,5H2,1H3. The van der Waals surface area contributed by atoms with Gasteiger partial charge in [0.25, 0.3) is 0 Å². The molecule has 0 spiro atoms. The zero-order chi connectivity index (χ0) is 8.10. The van der Waals surface area contributed by atoms with Gasteiger partial charge in [-0.15, -0.1) is 0 Å². The summed E-state index contributed by atoms with van der Waals surface area (Å²) in [6, 6.07) is 1.75. The van der Waals surface area contributed by atoms with E-state index in [-0.39, 0.29) is 5.97 Å². The summed E-state index contributed by atoms with van der Waals surface area (Å²) in [6.45, 7) is 2.21. The van der Waals surface area contributed by atoms with Gasteiger partial charge < -0.3 is 9.15 Å². The van der Waals surface area contributed by atoms with Crippen LogP contribution in [0.25, 0.3) is 0 Å². The minimum Gasteiger partial charge on any atom is -0.472 e. The molecule has 0 N–H and O–H groups in total. The zero-order valence-corrected chi connectivity index (χ0v) is 6.37. The first-order valence-corrected chi connectivity index (χ1v) is 3.49. The molecule has 60 valence electrons. The van der Waals surface area contributed by atoms with Crippen molar-refractivity contribution in [3.8, 4) is 0 Å². The van der Waals surface area contributed by atoms with E-state index >= 15 is 0 Å². The lowest BCUT2D eigenvalue weighted by Gasteiger charge is -1.97. The van der Waals surface area contributed by atoms with Gasteiger partial charge in [-0.05, 0) is 13.0 Å². The molecule has 0 unspecified atom stereocenters. The van der Waals surface area contributed by atoms with Gasteiger partial charge in [-0.3, -0.25) is 4.79 Å². The van der Waals surface area contributed by atoms with Crippen molar-refractivity contribution >= 4 is 5.97 Å². The number of carbonyl (C=O) groups is 1. The lowest BCUT2D eigenvalue weighted by atomic mass is 10.2. The predicted molar refractivity (Wildman–Crippen MR) is 39.0 cm³/mol. The smallest absolute Gasteiger partial charge is 0.310 e. The Morgan fingerprint density at radius 1 is 1.73 bits per heavy atom. The molecule has 0 aliphatic heterocycles. The third-order valence-electron chi connectivity index (χ3n) is 1.23. The van der Waals surface area contributed by atoms with Crippen molar-refractivity contribution in [3.63, 3.8) is 0 Å². The topological polar surface area (TPSA) is 39.4 Å². The van der Waals surface area contributed by atoms with Crippen molar-refractivity contribution in [1.29, 1.82) is 0 Å². The van der Waals surface area contributed by atoms with E-state index in [9.17, 15) is 4.79 Å². The molecule has 0 aliphatic rings. The van der Waals surface area contributed by atoms with Gasteiger partial charge in [-0.1, -0.05) is 0 Å². The molecule has 1 rings (SSSR count). The van der Waals surface area contributed by atoms with Gasteiger partial charge in [0.05, 0.1) is 25.6 Å². The third-order valence-corrected chi connectivity index (χ3v) is 1.23. The molecule has 0 atom stereocenters. The van der Waals surface area contributed by atoms with Crippen LogP contribution in [0.1, 0.15) is 12.5 Å². The van der Waals surface area contributed by atoms with Gasteiger partial charge in [-0.25, -0.2) is 0 Å². The Balaban J connectivity index is 2.37. The molecule has 0 fully saturated rings. The highest BCUT2D eigenvalue weighted by molar-refractivity contribution is 5.72. The van der Waals surface area contributed by atoms with Crippen molar-refractivity contribution in [2.24, 2.45) is 0 Å². The number of rotatable bonds is 3. The molecule has 0 aromatic carbocycles. The maximum atomic E-state index is 10.8. The second-order valence-electron chi connectivity index (χ2n) is 2.11. The lowest BCUT2D eigenvalue weighted by Crippen LogP contribution is -2.06. The van der Waals surface area contributed by atoms with Crippen molar-refractivity contribution < 1.29 is 13.9 Å². The molecule has 1 aromatic heterocycles. The van der Waals surface area contributed by atoms with E-state index in [4.69, 9.17) is 9.15 Å². The van der Waals surface area contributed by atoms with Gasteiger partial charge in [0.2, 0.25) is 0 Å². The minimum atomic E-state index is -0.214. The van der Waals surface area contributed by atoms with Gasteiger partial charge in [0, 0.05) is 5.56 Å². The number of esters is 1. The van der Waals surface area contributed by atoms with Crippen LogP contribution in [0, 0.1) is 0 Å². The first-order valence-electron chi connectivity index (χ1n) is 3.49. The minimum absolute atomic E-state index is 0.214. The van der Waals surface area contributed by atoms with E-state index in [1.165, 1.54) is 12.5 Å². The average Bonchev–Trinajstić information content (AvgIpc) is 2.40. The maximum Gasteiger partial charge on any atom is 0.310 e. The summed E-state index contributed by atoms with van der Waals surface area (Å²) in [5, 5.41) is 0. The van der Waals surface area contributed by atoms with Crippen LogP contribution < -0.4 is 0 Å². The lowest BCUT2D eigenvalue weighted by molar-refractivity contribution is -0.142. The van der Waals surface area contributed by atoms with E-state index in [0.29, 0.717) is 13.0 Å². The fourth-order valence-electron chi connectivity index (χ4n) is 0.772. The summed E-state index contributed by atoms with van der Waals surface area (Å²) in [7, 11) is 0. The summed E-state index contributed by atoms with van der Waals surface area (Å²) in [5.41, 5.74) is 0.850. The molecule has 0 saturated heterocycles. The molecule has 0 radical (unpaired) electrons. The van der Waals surface area contributed by atoms with Crippen molar-refractivity contribution in [2.75, 3.05) is 6.61 Å². The van der Waals surface area contributed by atoms with E-state index in [1.807, 2.05) is 0 Å². The second-order valence-corrected chi connectivity index (χ2v) is 2.11. The maximum absolute atomic E-state index is 10.8. The molecule has 1 aromatic rings. The Labute approximate surface area is 65.0 Å². The van der Waals surface area contributed by atoms with Gasteiger partial charge in [0.1, 0.15) is 0 Å². The quantitative estimate of drug-likeness (QED) is 0.617. The van der Waals surface area contributed by atoms with E-state index < -0.39 is 0 Å². The van der Waals surface area contributed by atoms with Gasteiger partial charge in [-0.2, -0.15) is 0 Å². The van der Waals surface area contributed by atoms with E-state index in [1.54, 1.807) is 13.0 Å². The Bertz CT molecular complexity index is 213. The Morgan fingerprint density at radius 3 is 3.09 bits per heavy atom. The Morgan fingerprint density at radius 2 is 2.55 bits per heavy atom. The fourth-order valence-corrected chi connectivity index (χ4v) is 0.772. The molecular weight excluding hydrogens is 144 g/mol. The monoisotopic (exact) mass is 154 g/mol. The molecule has 3 heteroatoms. The summed E-state index contributed by atoms with van der Waals surface area (Å²) >= 11 is 0. The van der Waals surface area contributed by atoms with E-state index in [0.717, 1.165) is 5.56 Å². The second kappa shape index (κ2) is 3.81. The first kappa shape index (κ1) is 7.85. The molecule has 0 bridgehead atoms. The van der Waals surface area contributed by atoms with Crippen molar-refractivity contribution in [2.45, 2.75) is 13.3 Å². The summed E-state index contributed by atoms with van der Waals surface area (Å²) < 4.78 is 9.52. The van der Waals surface area contributed by atoms with Crippen LogP contribution in [-0.4, -0.2) is 12.6 Å². The first-order chi connectivity index (χ1) is 5.33. The zero-order valence-electron chi connectivity index (χ0n) is 6.37. The highest BCUT2D eigenvalue weighted by Gasteiger charge is 2.03. The molecule has 0 saturated carbocycles. The average molecular weight is 154 g/mol. The summed E-state index contributed by atoms with van der Waals surface area (Å²) in [4.78, 5) is 10.8. The largest absolute Gasteiger partial charge is 0.472 e. The highest BCUT2D eigenvalue weighted by atomic mass is 16.5. The van der Waals surface area contributed by atoms with Crippen LogP contribution in [0.4, 0.5) is 0 Å². The van der Waals surface area contributed by atoms with Crippen LogP contribution in [0.2, 0.25) is 0 Å². The number of hydrogen-bond acceptors (Lipinski definition) is 3. The number of carbonyl (C=O) groups excluding carboxylic acids is 1. The Kier molecular flexibility index (Phi) is 2.72. The molecular formula is C8H10O3. The van der Waals surface area contributed by atoms with Crippen LogP contribution in [0.15, 0.2) is 23.0 Å². The third kappa shape index (κ3) is 2.45. The van der Waals surface area contributed by atoms with Gasteiger partial charge in [0.15, 0.2) is 0 Å². The summed E-state index contributed by atoms with van der Waals surface area (Å²) in [6.07, 6.45) is 3.37. The normalized spacial score (nSPS) is 9.55. The number of hydrogen-bond donors (Lipinski definition) is 0. The highest BCUT2D eigenvalue weighted by Crippen LogP contribution is 2.01. The molecule has 0 aliphatic carbocycles. The van der Waals surface area contributed by atoms with Crippen LogP contribution in [0.3, 0.4) is 0 Å². The van der Waals surface area contributed by atoms with Crippen LogP contribution in [0.5, 0.6) is 0 Å². The summed E-state index contributed by atoms with van der Waals surface area (Å²) in [5.74, 6) is -0.214. The van der Waals surface area contributed by atoms with Gasteiger partial charge >= 0.3 is 5.97 Å². The fraction of sp³-hybridized carbons (Fsp3) is 0.375. The Hall–Kier alpha value is -1.25. The van der Waals surface area contributed by atoms with Crippen molar-refractivity contribution in [1.82, 2.24) is 0 Å². The predicted octanol–water partition coefficient (Wildman–Crippen LogP) is 1.39. The molecule has 11 heavy (non-hydrogen) atoms. The van der Waals surface area contributed by atoms with Crippen molar-refractivity contribution in [3.05, 3.63) is 24.2 Å². The number of ether oxygens (including phenoxy) is 1. The van der Waals surface area contributed by atoms with E-state index in [2.05, 4.69) is 0 Å². The molecule has 3 nitrogen and oxygen atoms in total. The number of furan rings is 1.